The van der Waals surface area contributed by atoms with Crippen LogP contribution in [0.2, 0.25) is 0 Å². The van der Waals surface area contributed by atoms with Crippen molar-refractivity contribution >= 4 is 11.9 Å². The number of carboxylic acid groups (broad SMARTS) is 1. The molecule has 0 heterocycles. The summed E-state index contributed by atoms with van der Waals surface area (Å²) in [6.07, 6.45) is 4.90. The van der Waals surface area contributed by atoms with Crippen molar-refractivity contribution in [3.8, 4) is 0 Å². The van der Waals surface area contributed by atoms with Gasteiger partial charge in [0.15, 0.2) is 0 Å². The van der Waals surface area contributed by atoms with E-state index in [-0.39, 0.29) is 5.91 Å². The van der Waals surface area contributed by atoms with E-state index in [1.165, 1.54) is 4.90 Å². The molecular weight excluding hydrogens is 246 g/mol. The summed E-state index contributed by atoms with van der Waals surface area (Å²) in [5.74, 6) is -1.06. The Bertz CT molecular complexity index is 272. The topological polar surface area (TPSA) is 110 Å². The molecule has 0 aliphatic rings. The number of aliphatic carboxylic acids is 1. The van der Waals surface area contributed by atoms with Crippen molar-refractivity contribution < 1.29 is 14.7 Å². The standard InChI is InChI=1S/C13H27N3O3/c1-16(12(17)8-3-2-5-9-14)11(13(18)19)7-4-6-10-15/h11H,2-10,14-15H2,1H3,(H,18,19)/t11-/m0/s1. The summed E-state index contributed by atoms with van der Waals surface area (Å²) in [5, 5.41) is 9.16. The van der Waals surface area contributed by atoms with Gasteiger partial charge < -0.3 is 21.5 Å². The van der Waals surface area contributed by atoms with Crippen molar-refractivity contribution in [1.29, 1.82) is 0 Å². The van der Waals surface area contributed by atoms with E-state index in [9.17, 15) is 9.59 Å². The number of hydrogen-bond donors (Lipinski definition) is 3. The van der Waals surface area contributed by atoms with Gasteiger partial charge in [-0.15, -0.1) is 0 Å². The van der Waals surface area contributed by atoms with Crippen LogP contribution in [0.4, 0.5) is 0 Å². The highest BCUT2D eigenvalue weighted by atomic mass is 16.4. The first-order chi connectivity index (χ1) is 9.04. The first-order valence-electron chi connectivity index (χ1n) is 6.93. The van der Waals surface area contributed by atoms with Crippen LogP contribution in [-0.2, 0) is 9.59 Å². The minimum atomic E-state index is -0.949. The molecule has 0 spiro atoms. The molecular formula is C13H27N3O3. The van der Waals surface area contributed by atoms with E-state index in [1.54, 1.807) is 7.05 Å². The number of carbonyl (C=O) groups excluding carboxylic acids is 1. The van der Waals surface area contributed by atoms with Crippen molar-refractivity contribution in [3.63, 3.8) is 0 Å². The zero-order chi connectivity index (χ0) is 14.7. The molecule has 1 atom stereocenters. The molecule has 0 fully saturated rings. The van der Waals surface area contributed by atoms with Gasteiger partial charge in [0.25, 0.3) is 0 Å². The fraction of sp³-hybridized carbons (Fsp3) is 0.846. The number of nitrogens with two attached hydrogens (primary N) is 2. The fourth-order valence-electron chi connectivity index (χ4n) is 1.91. The summed E-state index contributed by atoms with van der Waals surface area (Å²) in [6, 6.07) is -0.742. The van der Waals surface area contributed by atoms with Crippen LogP contribution in [0.25, 0.3) is 0 Å². The van der Waals surface area contributed by atoms with Crippen molar-refractivity contribution in [2.45, 2.75) is 51.0 Å². The normalized spacial score (nSPS) is 12.2. The van der Waals surface area contributed by atoms with Crippen molar-refractivity contribution in [1.82, 2.24) is 4.90 Å². The summed E-state index contributed by atoms with van der Waals surface area (Å²) in [6.45, 7) is 1.17. The monoisotopic (exact) mass is 273 g/mol. The summed E-state index contributed by atoms with van der Waals surface area (Å²) in [7, 11) is 1.56. The van der Waals surface area contributed by atoms with Crippen molar-refractivity contribution in [2.24, 2.45) is 11.5 Å². The number of carbonyl (C=O) groups is 2. The van der Waals surface area contributed by atoms with E-state index in [2.05, 4.69) is 0 Å². The zero-order valence-electron chi connectivity index (χ0n) is 11.8. The molecule has 19 heavy (non-hydrogen) atoms. The molecule has 0 saturated heterocycles. The second-order valence-corrected chi connectivity index (χ2v) is 4.74. The van der Waals surface area contributed by atoms with Gasteiger partial charge in [0.05, 0.1) is 0 Å². The Morgan fingerprint density at radius 2 is 1.63 bits per heavy atom. The number of amides is 1. The lowest BCUT2D eigenvalue weighted by atomic mass is 10.1. The third kappa shape index (κ3) is 7.79. The van der Waals surface area contributed by atoms with Crippen molar-refractivity contribution in [3.05, 3.63) is 0 Å². The van der Waals surface area contributed by atoms with E-state index in [1.807, 2.05) is 0 Å². The quantitative estimate of drug-likeness (QED) is 0.476. The molecule has 112 valence electrons. The molecule has 6 heteroatoms. The molecule has 0 bridgehead atoms. The Morgan fingerprint density at radius 1 is 1.05 bits per heavy atom. The second-order valence-electron chi connectivity index (χ2n) is 4.74. The maximum absolute atomic E-state index is 11.9. The maximum Gasteiger partial charge on any atom is 0.326 e. The Morgan fingerprint density at radius 3 is 2.16 bits per heavy atom. The van der Waals surface area contributed by atoms with Gasteiger partial charge in [-0.1, -0.05) is 6.42 Å². The Labute approximate surface area is 115 Å². The predicted octanol–water partition coefficient (Wildman–Crippen LogP) is 0.546. The summed E-state index contributed by atoms with van der Waals surface area (Å²) < 4.78 is 0. The van der Waals surface area contributed by atoms with Crippen LogP contribution in [0, 0.1) is 0 Å². The molecule has 0 aromatic heterocycles. The number of carboxylic acids is 1. The molecule has 0 aromatic rings. The van der Waals surface area contributed by atoms with Crippen LogP contribution >= 0.6 is 0 Å². The number of likely N-dealkylation sites (N-methyl/N-ethyl adjacent to an activating group) is 1. The smallest absolute Gasteiger partial charge is 0.326 e. The van der Waals surface area contributed by atoms with E-state index >= 15 is 0 Å². The fourth-order valence-corrected chi connectivity index (χ4v) is 1.91. The van der Waals surface area contributed by atoms with Gasteiger partial charge in [-0.2, -0.15) is 0 Å². The van der Waals surface area contributed by atoms with Gasteiger partial charge in [-0.25, -0.2) is 4.79 Å². The van der Waals surface area contributed by atoms with Crippen molar-refractivity contribution in [2.75, 3.05) is 20.1 Å². The minimum absolute atomic E-state index is 0.114. The summed E-state index contributed by atoms with van der Waals surface area (Å²) in [4.78, 5) is 24.4. The Balaban J connectivity index is 4.17. The van der Waals surface area contributed by atoms with E-state index in [0.717, 1.165) is 32.1 Å². The molecule has 0 unspecified atom stereocenters. The van der Waals surface area contributed by atoms with Crippen LogP contribution in [0.1, 0.15) is 44.9 Å². The second kappa shape index (κ2) is 10.8. The lowest BCUT2D eigenvalue weighted by molar-refractivity contribution is -0.149. The maximum atomic E-state index is 11.9. The molecule has 0 rings (SSSR count). The van der Waals surface area contributed by atoms with Crippen LogP contribution in [0.5, 0.6) is 0 Å². The van der Waals surface area contributed by atoms with Gasteiger partial charge >= 0.3 is 5.97 Å². The third-order valence-corrected chi connectivity index (χ3v) is 3.17. The zero-order valence-corrected chi connectivity index (χ0v) is 11.8. The van der Waals surface area contributed by atoms with Gasteiger partial charge in [0, 0.05) is 13.5 Å². The predicted molar refractivity (Wildman–Crippen MR) is 74.6 cm³/mol. The Hall–Kier alpha value is -1.14. The van der Waals surface area contributed by atoms with Crippen LogP contribution < -0.4 is 11.5 Å². The average molecular weight is 273 g/mol. The van der Waals surface area contributed by atoms with Gasteiger partial charge in [0.2, 0.25) is 5.91 Å². The molecule has 0 aliphatic carbocycles. The molecule has 1 amide bonds. The molecule has 6 nitrogen and oxygen atoms in total. The molecule has 5 N–H and O–H groups in total. The molecule has 0 aliphatic heterocycles. The van der Waals surface area contributed by atoms with Gasteiger partial charge in [-0.3, -0.25) is 4.79 Å². The largest absolute Gasteiger partial charge is 0.480 e. The Kier molecular flexibility index (Phi) is 10.1. The molecule has 0 radical (unpaired) electrons. The third-order valence-electron chi connectivity index (χ3n) is 3.17. The highest BCUT2D eigenvalue weighted by Gasteiger charge is 2.25. The van der Waals surface area contributed by atoms with Crippen LogP contribution in [-0.4, -0.2) is 48.1 Å². The summed E-state index contributed by atoms with van der Waals surface area (Å²) in [5.41, 5.74) is 10.8. The van der Waals surface area contributed by atoms with E-state index < -0.39 is 12.0 Å². The highest BCUT2D eigenvalue weighted by Crippen LogP contribution is 2.11. The van der Waals surface area contributed by atoms with Crippen LogP contribution in [0.3, 0.4) is 0 Å². The van der Waals surface area contributed by atoms with Crippen LogP contribution in [0.15, 0.2) is 0 Å². The minimum Gasteiger partial charge on any atom is -0.480 e. The molecule has 0 aromatic carbocycles. The summed E-state index contributed by atoms with van der Waals surface area (Å²) >= 11 is 0. The lowest BCUT2D eigenvalue weighted by Crippen LogP contribution is -2.42. The van der Waals surface area contributed by atoms with Gasteiger partial charge in [-0.05, 0) is 45.2 Å². The van der Waals surface area contributed by atoms with E-state index in [0.29, 0.717) is 25.9 Å². The number of rotatable bonds is 11. The average Bonchev–Trinajstić information content (AvgIpc) is 2.38. The lowest BCUT2D eigenvalue weighted by Gasteiger charge is -2.25. The van der Waals surface area contributed by atoms with E-state index in [4.69, 9.17) is 16.6 Å². The highest BCUT2D eigenvalue weighted by molar-refractivity contribution is 5.83. The number of hydrogen-bond acceptors (Lipinski definition) is 4. The molecule has 0 saturated carbocycles. The SMILES string of the molecule is CN(C(=O)CCCCCN)[C@@H](CCCCN)C(=O)O. The number of nitrogens with zero attached hydrogens (tertiary/aromatic N) is 1. The number of unbranched alkanes of at least 4 members (excludes halogenated alkanes) is 3. The first-order valence-corrected chi connectivity index (χ1v) is 6.93. The first kappa shape index (κ1) is 17.9. The van der Waals surface area contributed by atoms with Gasteiger partial charge in [0.1, 0.15) is 6.04 Å².